The molecule has 0 N–H and O–H groups in total. The summed E-state index contributed by atoms with van der Waals surface area (Å²) in [5, 5.41) is 10.5. The van der Waals surface area contributed by atoms with Gasteiger partial charge in [-0.3, -0.25) is 14.9 Å². The van der Waals surface area contributed by atoms with Gasteiger partial charge in [0.05, 0.1) is 20.8 Å². The van der Waals surface area contributed by atoms with Gasteiger partial charge in [0, 0.05) is 24.0 Å². The van der Waals surface area contributed by atoms with Crippen molar-refractivity contribution in [2.75, 3.05) is 5.75 Å². The summed E-state index contributed by atoms with van der Waals surface area (Å²) in [6.45, 7) is 3.83. The molecule has 2 aromatic rings. The first-order chi connectivity index (χ1) is 14.4. The molecule has 31 heavy (non-hydrogen) atoms. The van der Waals surface area contributed by atoms with Gasteiger partial charge in [-0.25, -0.2) is 8.42 Å². The van der Waals surface area contributed by atoms with Crippen LogP contribution < -0.4 is 21.2 Å². The van der Waals surface area contributed by atoms with Gasteiger partial charge in [-0.15, -0.1) is 0 Å². The third-order valence-corrected chi connectivity index (χ3v) is 10.1. The molecule has 0 saturated heterocycles. The predicted molar refractivity (Wildman–Crippen MR) is 110 cm³/mol. The smallest absolute Gasteiger partial charge is 0.357 e. The summed E-state index contributed by atoms with van der Waals surface area (Å²) in [6, 6.07) is 17.0. The highest BCUT2D eigenvalue weighted by Crippen LogP contribution is 2.64. The molecule has 4 rings (SSSR count). The Balaban J connectivity index is 0.000000176. The number of hydrogen-bond acceptors (Lipinski definition) is 6. The van der Waals surface area contributed by atoms with Crippen LogP contribution in [0.1, 0.15) is 33.1 Å². The maximum atomic E-state index is 11.8. The van der Waals surface area contributed by atoms with Gasteiger partial charge in [0.1, 0.15) is 5.78 Å². The molecule has 166 valence electrons. The normalized spacial score (nSPS) is 23.8. The third kappa shape index (κ3) is 5.15. The summed E-state index contributed by atoms with van der Waals surface area (Å²) in [5.41, 5.74) is -1.07. The molecule has 2 fully saturated rings. The molecule has 0 heterocycles. The lowest BCUT2D eigenvalue weighted by Crippen LogP contribution is -3.61. The zero-order valence-electron chi connectivity index (χ0n) is 17.3. The van der Waals surface area contributed by atoms with Gasteiger partial charge in [-0.1, -0.05) is 32.0 Å². The van der Waals surface area contributed by atoms with Crippen LogP contribution in [0.2, 0.25) is 0 Å². The highest BCUT2D eigenvalue weighted by atomic mass is 127. The lowest BCUT2D eigenvalue weighted by atomic mass is 9.70. The Hall–Kier alpha value is -1.85. The number of benzene rings is 2. The largest absolute Gasteiger partial charge is 0.748 e. The summed E-state index contributed by atoms with van der Waals surface area (Å²) >= 11 is -0.227. The summed E-state index contributed by atoms with van der Waals surface area (Å²) < 4.78 is 35.2. The second-order valence-corrected chi connectivity index (χ2v) is 12.9. The van der Waals surface area contributed by atoms with E-state index in [-0.39, 0.29) is 48.9 Å². The number of nitro groups is 1. The van der Waals surface area contributed by atoms with E-state index in [4.69, 9.17) is 0 Å². The highest BCUT2D eigenvalue weighted by Gasteiger charge is 2.64. The summed E-state index contributed by atoms with van der Waals surface area (Å²) in [6.07, 6.45) is 1.88. The van der Waals surface area contributed by atoms with Crippen LogP contribution in [0, 0.1) is 34.0 Å². The molecule has 0 aromatic heterocycles. The lowest BCUT2D eigenvalue weighted by Gasteiger charge is -2.37. The van der Waals surface area contributed by atoms with E-state index in [0.717, 1.165) is 6.42 Å². The van der Waals surface area contributed by atoms with Crippen LogP contribution in [0.3, 0.4) is 0 Å². The summed E-state index contributed by atoms with van der Waals surface area (Å²) in [7, 11) is -4.33. The van der Waals surface area contributed by atoms with Crippen molar-refractivity contribution in [2.24, 2.45) is 16.7 Å². The first-order valence-electron chi connectivity index (χ1n) is 9.86. The predicted octanol–water partition coefficient (Wildman–Crippen LogP) is 0.650. The molecule has 2 unspecified atom stereocenters. The lowest BCUT2D eigenvalue weighted by molar-refractivity contribution is -0.597. The molecule has 2 aromatic carbocycles. The first-order valence-corrected chi connectivity index (χ1v) is 13.6. The van der Waals surface area contributed by atoms with Crippen LogP contribution in [0.15, 0.2) is 54.6 Å². The maximum Gasteiger partial charge on any atom is 0.357 e. The molecular weight excluding hydrogens is 533 g/mol. The molecule has 0 amide bonds. The van der Waals surface area contributed by atoms with Gasteiger partial charge in [0.15, 0.2) is 7.14 Å². The van der Waals surface area contributed by atoms with Crippen LogP contribution in [0.4, 0.5) is 5.69 Å². The third-order valence-electron chi connectivity index (χ3n) is 6.55. The number of nitrogens with zero attached hydrogens (tertiary/aromatic N) is 1. The van der Waals surface area contributed by atoms with Crippen molar-refractivity contribution in [3.05, 3.63) is 71.9 Å². The number of Topliss-reactive ketones (excluding diaryl/α,β-unsaturated/α-hetero) is 1. The molecule has 2 atom stereocenters. The Morgan fingerprint density at radius 3 is 2.10 bits per heavy atom. The minimum absolute atomic E-state index is 0.0248. The van der Waals surface area contributed by atoms with E-state index in [1.165, 1.54) is 7.14 Å². The van der Waals surface area contributed by atoms with Crippen LogP contribution in [-0.2, 0) is 14.9 Å². The summed E-state index contributed by atoms with van der Waals surface area (Å²) in [5.74, 6) is -0.280. The number of fused-ring (bicyclic) bond motifs is 2. The average molecular weight is 557 g/mol. The molecular formula is C22H24INO6S. The van der Waals surface area contributed by atoms with Crippen molar-refractivity contribution >= 4 is 21.6 Å². The van der Waals surface area contributed by atoms with E-state index in [0.29, 0.717) is 12.8 Å². The molecule has 2 aliphatic rings. The molecule has 2 aliphatic carbocycles. The number of hydrogen-bond donors (Lipinski definition) is 0. The van der Waals surface area contributed by atoms with Gasteiger partial charge >= 0.3 is 21.2 Å². The Labute approximate surface area is 192 Å². The molecule has 0 spiro atoms. The number of halogens is 1. The van der Waals surface area contributed by atoms with E-state index < -0.39 is 21.3 Å². The number of carbonyl (C=O) groups is 1. The molecule has 0 aliphatic heterocycles. The van der Waals surface area contributed by atoms with E-state index in [1.807, 2.05) is 44.2 Å². The summed E-state index contributed by atoms with van der Waals surface area (Å²) in [4.78, 5) is 22.0. The first kappa shape index (κ1) is 23.8. The van der Waals surface area contributed by atoms with E-state index >= 15 is 0 Å². The monoisotopic (exact) mass is 557 g/mol. The number of rotatable bonds is 5. The van der Waals surface area contributed by atoms with Crippen LogP contribution >= 0.6 is 0 Å². The van der Waals surface area contributed by atoms with Crippen LogP contribution in [-0.4, -0.2) is 29.4 Å². The zero-order chi connectivity index (χ0) is 22.9. The van der Waals surface area contributed by atoms with Gasteiger partial charge in [0.25, 0.3) is 5.69 Å². The maximum absolute atomic E-state index is 11.8. The average Bonchev–Trinajstić information content (AvgIpc) is 3.03. The second-order valence-electron chi connectivity index (χ2n) is 8.49. The molecule has 2 saturated carbocycles. The number of carbonyl (C=O) groups excluding carboxylic acids is 1. The van der Waals surface area contributed by atoms with E-state index in [2.05, 4.69) is 12.1 Å². The standard InChI is InChI=1S/C12H9INO2.C10H16O4S/c15-14(16)12-8-6-11(7-9-12)13-10-4-2-1-3-5-10;1-9(2)7-3-4-10(9,8(11)5-7)6-15(12,13)14/h1-9H;7H,3-6H2,1-2H3,(H,12,13,14)/q+1;/p-1. The Bertz CT molecular complexity index is 1070. The fourth-order valence-corrected chi connectivity index (χ4v) is 8.13. The van der Waals surface area contributed by atoms with Crippen molar-refractivity contribution in [1.29, 1.82) is 0 Å². The van der Waals surface area contributed by atoms with Gasteiger partial charge in [0.2, 0.25) is 0 Å². The topological polar surface area (TPSA) is 117 Å². The van der Waals surface area contributed by atoms with Crippen LogP contribution in [0.25, 0.3) is 0 Å². The molecule has 0 radical (unpaired) electrons. The van der Waals surface area contributed by atoms with Crippen molar-refractivity contribution in [3.8, 4) is 0 Å². The minimum atomic E-state index is -4.33. The molecule has 2 bridgehead atoms. The van der Waals surface area contributed by atoms with Crippen molar-refractivity contribution in [1.82, 2.24) is 0 Å². The number of ketones is 1. The van der Waals surface area contributed by atoms with Crippen LogP contribution in [0.5, 0.6) is 0 Å². The van der Waals surface area contributed by atoms with Crippen molar-refractivity contribution in [3.63, 3.8) is 0 Å². The van der Waals surface area contributed by atoms with Gasteiger partial charge in [-0.2, -0.15) is 0 Å². The molecule has 9 heteroatoms. The van der Waals surface area contributed by atoms with Crippen molar-refractivity contribution in [2.45, 2.75) is 33.1 Å². The zero-order valence-corrected chi connectivity index (χ0v) is 20.3. The fourth-order valence-electron chi connectivity index (χ4n) is 4.64. The molecule has 7 nitrogen and oxygen atoms in total. The Morgan fingerprint density at radius 1 is 1.06 bits per heavy atom. The Morgan fingerprint density at radius 2 is 1.65 bits per heavy atom. The van der Waals surface area contributed by atoms with Gasteiger partial charge in [-0.05, 0) is 48.4 Å². The highest BCUT2D eigenvalue weighted by molar-refractivity contribution is 7.85. The van der Waals surface area contributed by atoms with Gasteiger partial charge < -0.3 is 4.55 Å². The van der Waals surface area contributed by atoms with Crippen molar-refractivity contribution < 1.29 is 43.9 Å². The Kier molecular flexibility index (Phi) is 6.87. The fraction of sp³-hybridized carbons (Fsp3) is 0.409. The number of nitro benzene ring substituents is 1. The van der Waals surface area contributed by atoms with E-state index in [1.54, 1.807) is 12.1 Å². The minimum Gasteiger partial charge on any atom is -0.748 e. The van der Waals surface area contributed by atoms with E-state index in [9.17, 15) is 27.9 Å². The second kappa shape index (κ2) is 8.95. The quantitative estimate of drug-likeness (QED) is 0.231. The number of non-ortho nitro benzene ring substituents is 1. The SMILES string of the molecule is CC1(C)C2CCC1(CS(=O)(=O)[O-])C(=O)C2.O=[N+]([O-])c1ccc([I+]c2ccccc2)cc1.